The van der Waals surface area contributed by atoms with Gasteiger partial charge in [-0.15, -0.1) is 11.3 Å². The van der Waals surface area contributed by atoms with Gasteiger partial charge in [0.25, 0.3) is 5.91 Å². The highest BCUT2D eigenvalue weighted by Gasteiger charge is 2.25. The number of benzene rings is 1. The molecule has 0 fully saturated rings. The van der Waals surface area contributed by atoms with Crippen LogP contribution < -0.4 is 4.90 Å². The van der Waals surface area contributed by atoms with Crippen molar-refractivity contribution in [1.82, 2.24) is 4.98 Å². The number of nitrogens with zero attached hydrogens (tertiary/aromatic N) is 2. The standard InChI is InChI=1S/C17H18N2O3S/c1-3-22-17(21)13-6-7-14-12(9-13)5-4-8-19(14)16(20)15-10-18-11(2)23-15/h6-7,9-10H,3-5,8H2,1-2H3. The van der Waals surface area contributed by atoms with Crippen LogP contribution >= 0.6 is 11.3 Å². The van der Waals surface area contributed by atoms with Crippen LogP contribution in [-0.4, -0.2) is 30.0 Å². The second-order valence-corrected chi connectivity index (χ2v) is 6.60. The van der Waals surface area contributed by atoms with E-state index >= 15 is 0 Å². The van der Waals surface area contributed by atoms with E-state index in [0.717, 1.165) is 29.1 Å². The largest absolute Gasteiger partial charge is 0.462 e. The van der Waals surface area contributed by atoms with Crippen LogP contribution in [0.2, 0.25) is 0 Å². The van der Waals surface area contributed by atoms with Gasteiger partial charge >= 0.3 is 5.97 Å². The number of amides is 1. The van der Waals surface area contributed by atoms with Crippen LogP contribution in [0, 0.1) is 6.92 Å². The smallest absolute Gasteiger partial charge is 0.338 e. The molecular weight excluding hydrogens is 312 g/mol. The van der Waals surface area contributed by atoms with Crippen molar-refractivity contribution in [3.8, 4) is 0 Å². The molecule has 0 unspecified atom stereocenters. The predicted octanol–water partition coefficient (Wildman–Crippen LogP) is 3.22. The number of rotatable bonds is 3. The SMILES string of the molecule is CCOC(=O)c1ccc2c(c1)CCCN2C(=O)c1cnc(C)s1. The number of anilines is 1. The first-order chi connectivity index (χ1) is 11.1. The Balaban J connectivity index is 1.90. The van der Waals surface area contributed by atoms with Crippen molar-refractivity contribution in [1.29, 1.82) is 0 Å². The molecule has 1 aliphatic heterocycles. The lowest BCUT2D eigenvalue weighted by Crippen LogP contribution is -2.35. The van der Waals surface area contributed by atoms with E-state index < -0.39 is 0 Å². The molecule has 1 aromatic carbocycles. The molecule has 5 nitrogen and oxygen atoms in total. The third-order valence-corrected chi connectivity index (χ3v) is 4.69. The first-order valence-electron chi connectivity index (χ1n) is 7.64. The summed E-state index contributed by atoms with van der Waals surface area (Å²) in [6.07, 6.45) is 3.36. The lowest BCUT2D eigenvalue weighted by Gasteiger charge is -2.29. The minimum absolute atomic E-state index is 0.0274. The molecule has 0 spiro atoms. The zero-order valence-electron chi connectivity index (χ0n) is 13.2. The highest BCUT2D eigenvalue weighted by atomic mass is 32.1. The summed E-state index contributed by atoms with van der Waals surface area (Å²) in [5.74, 6) is -0.350. The van der Waals surface area contributed by atoms with Gasteiger partial charge < -0.3 is 9.64 Å². The normalized spacial score (nSPS) is 13.6. The fourth-order valence-corrected chi connectivity index (χ4v) is 3.47. The lowest BCUT2D eigenvalue weighted by atomic mass is 9.99. The maximum atomic E-state index is 12.7. The zero-order valence-corrected chi connectivity index (χ0v) is 14.0. The van der Waals surface area contributed by atoms with Crippen LogP contribution in [0.15, 0.2) is 24.4 Å². The highest BCUT2D eigenvalue weighted by molar-refractivity contribution is 7.13. The Morgan fingerprint density at radius 3 is 2.91 bits per heavy atom. The molecule has 0 saturated heterocycles. The number of thiazole rings is 1. The first-order valence-corrected chi connectivity index (χ1v) is 8.46. The lowest BCUT2D eigenvalue weighted by molar-refractivity contribution is 0.0526. The maximum absolute atomic E-state index is 12.7. The fraction of sp³-hybridized carbons (Fsp3) is 0.353. The van der Waals surface area contributed by atoms with E-state index in [2.05, 4.69) is 4.98 Å². The van der Waals surface area contributed by atoms with Gasteiger partial charge in [-0.05, 0) is 50.5 Å². The van der Waals surface area contributed by atoms with Crippen molar-refractivity contribution in [2.24, 2.45) is 0 Å². The van der Waals surface area contributed by atoms with Crippen LogP contribution in [0.25, 0.3) is 0 Å². The molecule has 6 heteroatoms. The number of carbonyl (C=O) groups is 2. The fourth-order valence-electron chi connectivity index (χ4n) is 2.74. The maximum Gasteiger partial charge on any atom is 0.338 e. The molecule has 1 aliphatic rings. The number of aryl methyl sites for hydroxylation is 2. The zero-order chi connectivity index (χ0) is 16.4. The number of hydrogen-bond donors (Lipinski definition) is 0. The third kappa shape index (κ3) is 3.12. The average molecular weight is 330 g/mol. The van der Waals surface area contributed by atoms with Crippen molar-refractivity contribution in [2.45, 2.75) is 26.7 Å². The molecule has 120 valence electrons. The molecule has 0 bridgehead atoms. The number of fused-ring (bicyclic) bond motifs is 1. The quantitative estimate of drug-likeness (QED) is 0.811. The summed E-state index contributed by atoms with van der Waals surface area (Å²) >= 11 is 1.40. The van der Waals surface area contributed by atoms with Gasteiger partial charge in [-0.3, -0.25) is 4.79 Å². The number of aromatic nitrogens is 1. The summed E-state index contributed by atoms with van der Waals surface area (Å²) in [7, 11) is 0. The molecule has 2 heterocycles. The molecule has 0 N–H and O–H groups in total. The van der Waals surface area contributed by atoms with E-state index in [0.29, 0.717) is 23.6 Å². The molecule has 3 rings (SSSR count). The van der Waals surface area contributed by atoms with Crippen LogP contribution in [0.4, 0.5) is 5.69 Å². The first kappa shape index (κ1) is 15.7. The molecule has 0 radical (unpaired) electrons. The van der Waals surface area contributed by atoms with Crippen molar-refractivity contribution in [3.05, 3.63) is 45.4 Å². The van der Waals surface area contributed by atoms with Crippen LogP contribution in [-0.2, 0) is 11.2 Å². The minimum atomic E-state index is -0.322. The Morgan fingerprint density at radius 1 is 1.39 bits per heavy atom. The third-order valence-electron chi connectivity index (χ3n) is 3.79. The molecule has 23 heavy (non-hydrogen) atoms. The second kappa shape index (κ2) is 6.50. The number of ether oxygens (including phenoxy) is 1. The van der Waals surface area contributed by atoms with Gasteiger partial charge in [-0.25, -0.2) is 9.78 Å². The average Bonchev–Trinajstić information content (AvgIpc) is 3.00. The Labute approximate surface area is 138 Å². The van der Waals surface area contributed by atoms with Crippen molar-refractivity contribution in [3.63, 3.8) is 0 Å². The predicted molar refractivity (Wildman–Crippen MR) is 89.2 cm³/mol. The van der Waals surface area contributed by atoms with Gasteiger partial charge in [0.2, 0.25) is 0 Å². The van der Waals surface area contributed by atoms with E-state index in [1.54, 1.807) is 24.1 Å². The summed E-state index contributed by atoms with van der Waals surface area (Å²) < 4.78 is 5.04. The Bertz CT molecular complexity index is 754. The molecular formula is C17H18N2O3S. The van der Waals surface area contributed by atoms with Gasteiger partial charge in [0, 0.05) is 12.2 Å². The van der Waals surface area contributed by atoms with Crippen molar-refractivity contribution >= 4 is 28.9 Å². The van der Waals surface area contributed by atoms with E-state index in [-0.39, 0.29) is 11.9 Å². The Hall–Kier alpha value is -2.21. The van der Waals surface area contributed by atoms with Gasteiger partial charge in [0.15, 0.2) is 0 Å². The molecule has 1 aromatic heterocycles. The van der Waals surface area contributed by atoms with Crippen molar-refractivity contribution < 1.29 is 14.3 Å². The number of esters is 1. The van der Waals surface area contributed by atoms with E-state index in [4.69, 9.17) is 4.74 Å². The minimum Gasteiger partial charge on any atom is -0.462 e. The topological polar surface area (TPSA) is 59.5 Å². The molecule has 0 atom stereocenters. The van der Waals surface area contributed by atoms with E-state index in [9.17, 15) is 9.59 Å². The number of hydrogen-bond acceptors (Lipinski definition) is 5. The second-order valence-electron chi connectivity index (χ2n) is 5.37. The Kier molecular flexibility index (Phi) is 4.43. The van der Waals surface area contributed by atoms with Gasteiger partial charge in [0.05, 0.1) is 23.4 Å². The summed E-state index contributed by atoms with van der Waals surface area (Å²) in [5.41, 5.74) is 2.42. The van der Waals surface area contributed by atoms with Crippen LogP contribution in [0.3, 0.4) is 0 Å². The van der Waals surface area contributed by atoms with Crippen LogP contribution in [0.5, 0.6) is 0 Å². The summed E-state index contributed by atoms with van der Waals surface area (Å²) in [5, 5.41) is 0.878. The van der Waals surface area contributed by atoms with Crippen LogP contribution in [0.1, 0.15) is 43.9 Å². The molecule has 0 saturated carbocycles. The molecule has 2 aromatic rings. The van der Waals surface area contributed by atoms with E-state index in [1.165, 1.54) is 11.3 Å². The number of carbonyl (C=O) groups excluding carboxylic acids is 2. The molecule has 1 amide bonds. The summed E-state index contributed by atoms with van der Waals surface area (Å²) in [4.78, 5) is 31.1. The van der Waals surface area contributed by atoms with Gasteiger partial charge in [0.1, 0.15) is 4.88 Å². The van der Waals surface area contributed by atoms with Gasteiger partial charge in [-0.1, -0.05) is 0 Å². The monoisotopic (exact) mass is 330 g/mol. The highest BCUT2D eigenvalue weighted by Crippen LogP contribution is 2.30. The Morgan fingerprint density at radius 2 is 2.22 bits per heavy atom. The summed E-state index contributed by atoms with van der Waals surface area (Å²) in [6, 6.07) is 5.40. The van der Waals surface area contributed by atoms with E-state index in [1.807, 2.05) is 19.1 Å². The molecule has 0 aliphatic carbocycles. The van der Waals surface area contributed by atoms with Crippen molar-refractivity contribution in [2.75, 3.05) is 18.1 Å². The summed E-state index contributed by atoms with van der Waals surface area (Å²) in [6.45, 7) is 4.71. The van der Waals surface area contributed by atoms with Gasteiger partial charge in [-0.2, -0.15) is 0 Å².